The lowest BCUT2D eigenvalue weighted by atomic mass is 9.86. The van der Waals surface area contributed by atoms with Crippen molar-refractivity contribution in [3.8, 4) is 0 Å². The monoisotopic (exact) mass is 258 g/mol. The quantitative estimate of drug-likeness (QED) is 0.884. The van der Waals surface area contributed by atoms with Crippen molar-refractivity contribution >= 4 is 11.6 Å². The SMILES string of the molecule is CC(=O)Nc1cccc2c1CC(N1CCCC1)CC2. The first kappa shape index (κ1) is 12.7. The van der Waals surface area contributed by atoms with Gasteiger partial charge in [-0.2, -0.15) is 0 Å². The molecule has 1 N–H and O–H groups in total. The van der Waals surface area contributed by atoms with E-state index < -0.39 is 0 Å². The van der Waals surface area contributed by atoms with E-state index in [2.05, 4.69) is 22.3 Å². The molecule has 102 valence electrons. The van der Waals surface area contributed by atoms with Crippen molar-refractivity contribution < 1.29 is 4.79 Å². The maximum atomic E-state index is 11.3. The van der Waals surface area contributed by atoms with Gasteiger partial charge in [0.05, 0.1) is 0 Å². The van der Waals surface area contributed by atoms with E-state index in [4.69, 9.17) is 0 Å². The average molecular weight is 258 g/mol. The molecule has 0 aromatic heterocycles. The topological polar surface area (TPSA) is 32.3 Å². The van der Waals surface area contributed by atoms with Crippen LogP contribution in [0, 0.1) is 0 Å². The Balaban J connectivity index is 1.83. The number of anilines is 1. The van der Waals surface area contributed by atoms with Crippen LogP contribution in [0.5, 0.6) is 0 Å². The first-order chi connectivity index (χ1) is 9.24. The van der Waals surface area contributed by atoms with E-state index in [1.807, 2.05) is 6.07 Å². The van der Waals surface area contributed by atoms with Crippen LogP contribution in [-0.4, -0.2) is 29.9 Å². The minimum atomic E-state index is 0.0247. The van der Waals surface area contributed by atoms with Gasteiger partial charge in [0.1, 0.15) is 0 Å². The van der Waals surface area contributed by atoms with Gasteiger partial charge in [0.25, 0.3) is 0 Å². The Morgan fingerprint density at radius 1 is 1.32 bits per heavy atom. The number of nitrogens with zero attached hydrogens (tertiary/aromatic N) is 1. The molecule has 1 aromatic carbocycles. The number of benzene rings is 1. The van der Waals surface area contributed by atoms with Crippen LogP contribution in [0.4, 0.5) is 5.69 Å². The van der Waals surface area contributed by atoms with Crippen LogP contribution < -0.4 is 5.32 Å². The van der Waals surface area contributed by atoms with E-state index in [0.29, 0.717) is 6.04 Å². The van der Waals surface area contributed by atoms with E-state index in [-0.39, 0.29) is 5.91 Å². The van der Waals surface area contributed by atoms with Gasteiger partial charge in [-0.1, -0.05) is 12.1 Å². The molecular formula is C16H22N2O. The third-order valence-corrected chi connectivity index (χ3v) is 4.43. The Hall–Kier alpha value is -1.35. The smallest absolute Gasteiger partial charge is 0.221 e. The number of hydrogen-bond acceptors (Lipinski definition) is 2. The maximum Gasteiger partial charge on any atom is 0.221 e. The molecular weight excluding hydrogens is 236 g/mol. The van der Waals surface area contributed by atoms with Gasteiger partial charge in [-0.15, -0.1) is 0 Å². The maximum absolute atomic E-state index is 11.3. The number of likely N-dealkylation sites (tertiary alicyclic amines) is 1. The highest BCUT2D eigenvalue weighted by molar-refractivity contribution is 5.89. The summed E-state index contributed by atoms with van der Waals surface area (Å²) in [6.07, 6.45) is 6.18. The van der Waals surface area contributed by atoms with E-state index in [9.17, 15) is 4.79 Å². The Bertz CT molecular complexity index is 478. The number of hydrogen-bond donors (Lipinski definition) is 1. The van der Waals surface area contributed by atoms with Crippen LogP contribution in [0.15, 0.2) is 18.2 Å². The van der Waals surface area contributed by atoms with Gasteiger partial charge in [0.2, 0.25) is 5.91 Å². The second-order valence-electron chi connectivity index (χ2n) is 5.76. The van der Waals surface area contributed by atoms with Crippen LogP contribution in [0.3, 0.4) is 0 Å². The van der Waals surface area contributed by atoms with Crippen molar-refractivity contribution in [2.24, 2.45) is 0 Å². The van der Waals surface area contributed by atoms with E-state index in [1.165, 1.54) is 43.5 Å². The molecule has 3 rings (SSSR count). The zero-order valence-corrected chi connectivity index (χ0v) is 11.6. The van der Waals surface area contributed by atoms with Crippen molar-refractivity contribution in [2.75, 3.05) is 18.4 Å². The molecule has 0 spiro atoms. The first-order valence-electron chi connectivity index (χ1n) is 7.36. The lowest BCUT2D eigenvalue weighted by Gasteiger charge is -2.33. The van der Waals surface area contributed by atoms with Gasteiger partial charge in [0, 0.05) is 18.7 Å². The lowest BCUT2D eigenvalue weighted by molar-refractivity contribution is -0.114. The Kier molecular flexibility index (Phi) is 3.56. The summed E-state index contributed by atoms with van der Waals surface area (Å²) >= 11 is 0. The minimum absolute atomic E-state index is 0.0247. The van der Waals surface area contributed by atoms with Gasteiger partial charge in [0.15, 0.2) is 0 Å². The van der Waals surface area contributed by atoms with Crippen LogP contribution >= 0.6 is 0 Å². The molecule has 1 atom stereocenters. The first-order valence-corrected chi connectivity index (χ1v) is 7.36. The average Bonchev–Trinajstić information content (AvgIpc) is 2.92. The number of aryl methyl sites for hydroxylation is 1. The molecule has 1 amide bonds. The molecule has 0 radical (unpaired) electrons. The second kappa shape index (κ2) is 5.33. The van der Waals surface area contributed by atoms with Gasteiger partial charge >= 0.3 is 0 Å². The number of fused-ring (bicyclic) bond motifs is 1. The van der Waals surface area contributed by atoms with Crippen molar-refractivity contribution in [2.45, 2.75) is 45.1 Å². The molecule has 2 aliphatic rings. The van der Waals surface area contributed by atoms with Crippen LogP contribution in [-0.2, 0) is 17.6 Å². The summed E-state index contributed by atoms with van der Waals surface area (Å²) in [7, 11) is 0. The van der Waals surface area contributed by atoms with Crippen molar-refractivity contribution in [1.82, 2.24) is 4.90 Å². The fourth-order valence-corrected chi connectivity index (χ4v) is 3.49. The molecule has 0 bridgehead atoms. The molecule has 3 heteroatoms. The summed E-state index contributed by atoms with van der Waals surface area (Å²) in [6, 6.07) is 6.97. The minimum Gasteiger partial charge on any atom is -0.326 e. The highest BCUT2D eigenvalue weighted by atomic mass is 16.1. The molecule has 1 unspecified atom stereocenters. The van der Waals surface area contributed by atoms with E-state index in [1.54, 1.807) is 6.92 Å². The summed E-state index contributed by atoms with van der Waals surface area (Å²) in [5.41, 5.74) is 3.80. The van der Waals surface area contributed by atoms with Gasteiger partial charge in [-0.3, -0.25) is 4.79 Å². The van der Waals surface area contributed by atoms with E-state index >= 15 is 0 Å². The zero-order valence-electron chi connectivity index (χ0n) is 11.6. The summed E-state index contributed by atoms with van der Waals surface area (Å²) in [4.78, 5) is 13.9. The predicted molar refractivity (Wildman–Crippen MR) is 77.4 cm³/mol. The number of carbonyl (C=O) groups is 1. The molecule has 1 aliphatic heterocycles. The number of amides is 1. The fourth-order valence-electron chi connectivity index (χ4n) is 3.49. The van der Waals surface area contributed by atoms with Crippen molar-refractivity contribution in [1.29, 1.82) is 0 Å². The molecule has 1 aromatic rings. The summed E-state index contributed by atoms with van der Waals surface area (Å²) in [6.45, 7) is 4.09. The molecule has 0 saturated carbocycles. The van der Waals surface area contributed by atoms with Gasteiger partial charge < -0.3 is 10.2 Å². The zero-order chi connectivity index (χ0) is 13.2. The van der Waals surface area contributed by atoms with E-state index in [0.717, 1.165) is 18.5 Å². The molecule has 1 heterocycles. The molecule has 1 aliphatic carbocycles. The number of rotatable bonds is 2. The summed E-state index contributed by atoms with van der Waals surface area (Å²) in [5.74, 6) is 0.0247. The normalized spacial score (nSPS) is 23.1. The number of carbonyl (C=O) groups excluding carboxylic acids is 1. The summed E-state index contributed by atoms with van der Waals surface area (Å²) < 4.78 is 0. The highest BCUT2D eigenvalue weighted by Crippen LogP contribution is 2.31. The van der Waals surface area contributed by atoms with Crippen molar-refractivity contribution in [3.05, 3.63) is 29.3 Å². The van der Waals surface area contributed by atoms with Crippen LogP contribution in [0.25, 0.3) is 0 Å². The third-order valence-electron chi connectivity index (χ3n) is 4.43. The molecule has 3 nitrogen and oxygen atoms in total. The summed E-state index contributed by atoms with van der Waals surface area (Å²) in [5, 5.41) is 2.99. The number of nitrogens with one attached hydrogen (secondary N) is 1. The Morgan fingerprint density at radius 2 is 2.11 bits per heavy atom. The fraction of sp³-hybridized carbons (Fsp3) is 0.562. The largest absolute Gasteiger partial charge is 0.326 e. The Labute approximate surface area is 115 Å². The predicted octanol–water partition coefficient (Wildman–Crippen LogP) is 2.60. The second-order valence-corrected chi connectivity index (χ2v) is 5.76. The van der Waals surface area contributed by atoms with Crippen LogP contribution in [0.1, 0.15) is 37.3 Å². The van der Waals surface area contributed by atoms with Crippen LogP contribution in [0.2, 0.25) is 0 Å². The standard InChI is InChI=1S/C16H22N2O/c1-12(19)17-16-6-4-5-13-7-8-14(11-15(13)16)18-9-2-3-10-18/h4-6,14H,2-3,7-11H2,1H3,(H,17,19). The lowest BCUT2D eigenvalue weighted by Crippen LogP contribution is -2.37. The molecule has 1 fully saturated rings. The third kappa shape index (κ3) is 2.66. The molecule has 19 heavy (non-hydrogen) atoms. The van der Waals surface area contributed by atoms with Gasteiger partial charge in [-0.25, -0.2) is 0 Å². The van der Waals surface area contributed by atoms with Gasteiger partial charge in [-0.05, 0) is 62.4 Å². The van der Waals surface area contributed by atoms with Crippen molar-refractivity contribution in [3.63, 3.8) is 0 Å². The molecule has 1 saturated heterocycles. The highest BCUT2D eigenvalue weighted by Gasteiger charge is 2.27. The Morgan fingerprint density at radius 3 is 2.84 bits per heavy atom.